The Bertz CT molecular complexity index is 105. The zero-order valence-corrected chi connectivity index (χ0v) is 12.5. The van der Waals surface area contributed by atoms with Crippen molar-refractivity contribution < 1.29 is 4.74 Å². The molecule has 0 aromatic rings. The van der Waals surface area contributed by atoms with Crippen molar-refractivity contribution in [3.05, 3.63) is 0 Å². The Balaban J connectivity index is 3.43. The predicted molar refractivity (Wildman–Crippen MR) is 60.0 cm³/mol. The summed E-state index contributed by atoms with van der Waals surface area (Å²) in [6, 6.07) is 0. The Morgan fingerprint density at radius 2 is 2.08 bits per heavy atom. The van der Waals surface area contributed by atoms with Crippen molar-refractivity contribution in [2.75, 3.05) is 10.4 Å². The molecule has 4 heteroatoms. The van der Waals surface area contributed by atoms with E-state index in [4.69, 9.17) is 10.5 Å². The summed E-state index contributed by atoms with van der Waals surface area (Å²) in [6.45, 7) is 6.57. The zero-order valence-electron chi connectivity index (χ0n) is 8.38. The molecular weight excluding hydrogens is 277 g/mol. The molecule has 0 saturated heterocycles. The summed E-state index contributed by atoms with van der Waals surface area (Å²) in [5, 5.41) is 0. The van der Waals surface area contributed by atoms with Crippen LogP contribution < -0.4 is 5.73 Å². The fraction of sp³-hybridized carbons (Fsp3) is 1.00. The van der Waals surface area contributed by atoms with Crippen molar-refractivity contribution in [3.63, 3.8) is 0 Å². The van der Waals surface area contributed by atoms with Gasteiger partial charge in [-0.25, -0.2) is 0 Å². The summed E-state index contributed by atoms with van der Waals surface area (Å²) in [7, 11) is 2.16. The second kappa shape index (κ2) is 8.66. The molecule has 0 fully saturated rings. The number of hydrogen-bond donors (Lipinski definition) is 1. The third-order valence-electron chi connectivity index (χ3n) is 1.76. The van der Waals surface area contributed by atoms with E-state index in [1.54, 1.807) is 0 Å². The van der Waals surface area contributed by atoms with Crippen LogP contribution in [0.4, 0.5) is 0 Å². The molecule has 0 radical (unpaired) electrons. The van der Waals surface area contributed by atoms with Gasteiger partial charge in [0.25, 0.3) is 0 Å². The van der Waals surface area contributed by atoms with Gasteiger partial charge < -0.3 is 0 Å². The molecule has 0 heterocycles. The van der Waals surface area contributed by atoms with Gasteiger partial charge in [-0.3, -0.25) is 0 Å². The van der Waals surface area contributed by atoms with Crippen molar-refractivity contribution in [1.82, 2.24) is 0 Å². The molecular formula is C8H21NOSSn. The van der Waals surface area contributed by atoms with E-state index >= 15 is 0 Å². The Kier molecular flexibility index (Phi) is 9.43. The van der Waals surface area contributed by atoms with E-state index in [0.717, 1.165) is 11.0 Å². The first-order chi connectivity index (χ1) is 5.74. The maximum atomic E-state index is 5.67. The van der Waals surface area contributed by atoms with Crippen LogP contribution in [0.5, 0.6) is 0 Å². The minimum absolute atomic E-state index is 0.0202. The molecule has 0 rings (SSSR count). The summed E-state index contributed by atoms with van der Waals surface area (Å²) < 4.78 is 7.92. The van der Waals surface area contributed by atoms with Gasteiger partial charge in [0, 0.05) is 0 Å². The predicted octanol–water partition coefficient (Wildman–Crippen LogP) is 1.73. The summed E-state index contributed by atoms with van der Waals surface area (Å²) >= 11 is -1.33. The third kappa shape index (κ3) is 6.57. The topological polar surface area (TPSA) is 35.2 Å². The molecule has 0 aliphatic carbocycles. The Morgan fingerprint density at radius 1 is 1.42 bits per heavy atom. The number of ether oxygens (including phenoxy) is 1. The van der Waals surface area contributed by atoms with Crippen molar-refractivity contribution in [2.45, 2.75) is 37.9 Å². The van der Waals surface area contributed by atoms with E-state index in [-0.39, 0.29) is 6.23 Å². The SMILES string of the molecule is CC[S][SnH]([CH2]C)[CH2]OC(N)CC. The second-order valence-corrected chi connectivity index (χ2v) is 17.8. The van der Waals surface area contributed by atoms with E-state index in [2.05, 4.69) is 29.7 Å². The van der Waals surface area contributed by atoms with Gasteiger partial charge in [-0.2, -0.15) is 0 Å². The summed E-state index contributed by atoms with van der Waals surface area (Å²) in [5.74, 6) is 1.25. The van der Waals surface area contributed by atoms with Gasteiger partial charge >= 0.3 is 86.0 Å². The van der Waals surface area contributed by atoms with Crippen molar-refractivity contribution in [2.24, 2.45) is 5.73 Å². The number of rotatable bonds is 7. The maximum absolute atomic E-state index is 5.67. The van der Waals surface area contributed by atoms with Crippen LogP contribution in [0.3, 0.4) is 0 Å². The first kappa shape index (κ1) is 13.1. The molecule has 2 unspecified atom stereocenters. The van der Waals surface area contributed by atoms with E-state index in [0.29, 0.717) is 0 Å². The van der Waals surface area contributed by atoms with Gasteiger partial charge in [-0.1, -0.05) is 0 Å². The van der Waals surface area contributed by atoms with Crippen LogP contribution in [0, 0.1) is 0 Å². The van der Waals surface area contributed by atoms with Crippen LogP contribution in [0.25, 0.3) is 0 Å². The summed E-state index contributed by atoms with van der Waals surface area (Å²) in [5.41, 5.74) is 5.67. The van der Waals surface area contributed by atoms with Crippen LogP contribution in [-0.4, -0.2) is 35.0 Å². The average molecular weight is 298 g/mol. The quantitative estimate of drug-likeness (QED) is 0.574. The molecule has 0 aliphatic rings. The van der Waals surface area contributed by atoms with Crippen LogP contribution in [0.2, 0.25) is 4.44 Å². The standard InChI is InChI=1S/C4H10NO.C2H6S.C2H5.Sn.H/c1-3-4(5)6-2;1-2-3;1-2;;/h4H,2-3,5H2,1H3;3H,2H2,1H3;1H2,2H3;;/q;;;+1;/p-1. The van der Waals surface area contributed by atoms with E-state index in [9.17, 15) is 0 Å². The normalized spacial score (nSPS) is 16.0. The second-order valence-electron chi connectivity index (χ2n) is 2.77. The monoisotopic (exact) mass is 299 g/mol. The molecule has 0 bridgehead atoms. The van der Waals surface area contributed by atoms with Gasteiger partial charge in [0.15, 0.2) is 0 Å². The van der Waals surface area contributed by atoms with E-state index in [1.165, 1.54) is 10.2 Å². The molecule has 2 N–H and O–H groups in total. The number of nitrogens with two attached hydrogens (primary N) is 1. The first-order valence-electron chi connectivity index (χ1n) is 4.73. The first-order valence-corrected chi connectivity index (χ1v) is 14.5. The van der Waals surface area contributed by atoms with Gasteiger partial charge in [0.05, 0.1) is 0 Å². The third-order valence-corrected chi connectivity index (χ3v) is 16.8. The molecule has 0 aromatic heterocycles. The van der Waals surface area contributed by atoms with Crippen LogP contribution in [0.15, 0.2) is 0 Å². The van der Waals surface area contributed by atoms with Crippen LogP contribution in [-0.2, 0) is 4.74 Å². The Morgan fingerprint density at radius 3 is 2.50 bits per heavy atom. The van der Waals surface area contributed by atoms with Gasteiger partial charge in [-0.15, -0.1) is 0 Å². The van der Waals surface area contributed by atoms with Crippen molar-refractivity contribution in [3.8, 4) is 0 Å². The fourth-order valence-corrected chi connectivity index (χ4v) is 11.1. The molecule has 0 spiro atoms. The molecule has 2 atom stereocenters. The zero-order chi connectivity index (χ0) is 9.40. The van der Waals surface area contributed by atoms with Crippen molar-refractivity contribution in [1.29, 1.82) is 0 Å². The molecule has 12 heavy (non-hydrogen) atoms. The van der Waals surface area contributed by atoms with Crippen molar-refractivity contribution >= 4 is 27.3 Å². The Hall–Kier alpha value is 1.07. The summed E-state index contributed by atoms with van der Waals surface area (Å²) in [4.78, 5) is 0. The van der Waals surface area contributed by atoms with Gasteiger partial charge in [0.1, 0.15) is 0 Å². The van der Waals surface area contributed by atoms with Crippen LogP contribution in [0.1, 0.15) is 27.2 Å². The van der Waals surface area contributed by atoms with Gasteiger partial charge in [-0.05, 0) is 0 Å². The number of hydrogen-bond acceptors (Lipinski definition) is 3. The molecule has 2 nitrogen and oxygen atoms in total. The van der Waals surface area contributed by atoms with Gasteiger partial charge in [0.2, 0.25) is 0 Å². The molecule has 0 aliphatic heterocycles. The molecule has 74 valence electrons. The molecule has 0 amide bonds. The Labute approximate surface area is 85.8 Å². The molecule has 0 saturated carbocycles. The van der Waals surface area contributed by atoms with E-state index < -0.39 is 18.4 Å². The summed E-state index contributed by atoms with van der Waals surface area (Å²) in [6.07, 6.45) is 0.909. The minimum atomic E-state index is -1.33. The molecule has 0 aromatic carbocycles. The van der Waals surface area contributed by atoms with Crippen LogP contribution >= 0.6 is 8.95 Å². The fourth-order valence-electron chi connectivity index (χ4n) is 0.868. The van der Waals surface area contributed by atoms with E-state index in [1.807, 2.05) is 0 Å². The average Bonchev–Trinajstić information content (AvgIpc) is 2.11.